The molecule has 0 aliphatic carbocycles. The van der Waals surface area contributed by atoms with E-state index in [0.717, 1.165) is 34.7 Å². The third-order valence-electron chi connectivity index (χ3n) is 4.10. The van der Waals surface area contributed by atoms with Gasteiger partial charge in [0.15, 0.2) is 6.10 Å². The van der Waals surface area contributed by atoms with E-state index in [1.165, 1.54) is 0 Å². The maximum atomic E-state index is 12.2. The third-order valence-corrected chi connectivity index (χ3v) is 5.01. The fraction of sp³-hybridized carbons (Fsp3) is 0.286. The van der Waals surface area contributed by atoms with Gasteiger partial charge in [-0.3, -0.25) is 9.78 Å². The Bertz CT molecular complexity index is 863. The summed E-state index contributed by atoms with van der Waals surface area (Å²) in [6.07, 6.45) is 4.69. The minimum atomic E-state index is -0.522. The molecular weight excluding hydrogens is 358 g/mol. The quantitative estimate of drug-likeness (QED) is 0.599. The van der Waals surface area contributed by atoms with Crippen molar-refractivity contribution < 1.29 is 9.53 Å². The van der Waals surface area contributed by atoms with E-state index in [4.69, 9.17) is 4.74 Å². The molecule has 0 bridgehead atoms. The summed E-state index contributed by atoms with van der Waals surface area (Å²) in [4.78, 5) is 20.8. The Kier molecular flexibility index (Phi) is 6.54. The third kappa shape index (κ3) is 5.62. The number of rotatable bonds is 8. The van der Waals surface area contributed by atoms with Crippen LogP contribution < -0.4 is 10.1 Å². The first kappa shape index (κ1) is 19.0. The lowest BCUT2D eigenvalue weighted by molar-refractivity contribution is -0.127. The predicted octanol–water partition coefficient (Wildman–Crippen LogP) is 4.03. The largest absolute Gasteiger partial charge is 0.481 e. The number of ether oxygens (including phenoxy) is 1. The Balaban J connectivity index is 1.40. The second-order valence-corrected chi connectivity index (χ2v) is 7.27. The van der Waals surface area contributed by atoms with Gasteiger partial charge in [0.2, 0.25) is 0 Å². The van der Waals surface area contributed by atoms with E-state index < -0.39 is 6.10 Å². The summed E-state index contributed by atoms with van der Waals surface area (Å²) in [5.74, 6) is 0.599. The Morgan fingerprint density at radius 2 is 1.93 bits per heavy atom. The number of aryl methyl sites for hydroxylation is 2. The number of nitrogens with one attached hydrogen (secondary N) is 1. The zero-order valence-electron chi connectivity index (χ0n) is 15.5. The second-order valence-electron chi connectivity index (χ2n) is 6.33. The molecule has 0 aliphatic heterocycles. The van der Waals surface area contributed by atoms with Gasteiger partial charge in [0.1, 0.15) is 5.75 Å². The average Bonchev–Trinajstić information content (AvgIpc) is 3.16. The average molecular weight is 382 g/mol. The number of hydrogen-bond donors (Lipinski definition) is 1. The second kappa shape index (κ2) is 9.28. The van der Waals surface area contributed by atoms with Gasteiger partial charge in [-0.1, -0.05) is 17.7 Å². The van der Waals surface area contributed by atoms with Crippen LogP contribution in [-0.4, -0.2) is 28.5 Å². The van der Waals surface area contributed by atoms with Gasteiger partial charge >= 0.3 is 0 Å². The molecule has 0 radical (unpaired) electrons. The Morgan fingerprint density at radius 1 is 1.19 bits per heavy atom. The van der Waals surface area contributed by atoms with Gasteiger partial charge in [-0.2, -0.15) is 0 Å². The minimum Gasteiger partial charge on any atom is -0.481 e. The van der Waals surface area contributed by atoms with Crippen molar-refractivity contribution in [1.29, 1.82) is 0 Å². The monoisotopic (exact) mass is 381 g/mol. The lowest BCUT2D eigenvalue weighted by Gasteiger charge is -2.14. The summed E-state index contributed by atoms with van der Waals surface area (Å²) < 4.78 is 5.67. The summed E-state index contributed by atoms with van der Waals surface area (Å²) in [5, 5.41) is 6.05. The SMILES string of the molecule is Cc1ccc(OC(C)C(=O)NCCCc2nc(-c3ccncc3)cs2)cc1. The number of hydrogen-bond acceptors (Lipinski definition) is 5. The zero-order chi connectivity index (χ0) is 19.1. The van der Waals surface area contributed by atoms with Gasteiger partial charge in [0.25, 0.3) is 5.91 Å². The molecule has 1 N–H and O–H groups in total. The maximum absolute atomic E-state index is 12.2. The van der Waals surface area contributed by atoms with E-state index in [-0.39, 0.29) is 5.91 Å². The van der Waals surface area contributed by atoms with Crippen LogP contribution in [0.25, 0.3) is 11.3 Å². The van der Waals surface area contributed by atoms with Crippen LogP contribution in [0.3, 0.4) is 0 Å². The van der Waals surface area contributed by atoms with Crippen molar-refractivity contribution in [2.24, 2.45) is 0 Å². The number of thiazole rings is 1. The van der Waals surface area contributed by atoms with Crippen LogP contribution in [0.15, 0.2) is 54.2 Å². The van der Waals surface area contributed by atoms with Crippen LogP contribution in [0.2, 0.25) is 0 Å². The molecule has 0 spiro atoms. The van der Waals surface area contributed by atoms with Gasteiger partial charge in [0.05, 0.1) is 10.7 Å². The van der Waals surface area contributed by atoms with Crippen LogP contribution >= 0.6 is 11.3 Å². The Morgan fingerprint density at radius 3 is 2.67 bits per heavy atom. The van der Waals surface area contributed by atoms with E-state index in [1.807, 2.05) is 43.3 Å². The first-order valence-corrected chi connectivity index (χ1v) is 9.85. The highest BCUT2D eigenvalue weighted by Crippen LogP contribution is 2.21. The van der Waals surface area contributed by atoms with Crippen molar-refractivity contribution in [2.75, 3.05) is 6.54 Å². The summed E-state index contributed by atoms with van der Waals surface area (Å²) in [6, 6.07) is 11.6. The number of amides is 1. The molecule has 3 rings (SSSR count). The van der Waals surface area contributed by atoms with E-state index in [9.17, 15) is 4.79 Å². The van der Waals surface area contributed by atoms with Crippen molar-refractivity contribution in [1.82, 2.24) is 15.3 Å². The van der Waals surface area contributed by atoms with Crippen molar-refractivity contribution in [3.05, 3.63) is 64.7 Å². The molecule has 2 heterocycles. The van der Waals surface area contributed by atoms with Gasteiger partial charge in [-0.25, -0.2) is 4.98 Å². The van der Waals surface area contributed by atoms with Crippen LogP contribution in [-0.2, 0) is 11.2 Å². The minimum absolute atomic E-state index is 0.104. The van der Waals surface area contributed by atoms with Gasteiger partial charge in [-0.15, -0.1) is 11.3 Å². The highest BCUT2D eigenvalue weighted by molar-refractivity contribution is 7.09. The molecule has 1 aromatic carbocycles. The maximum Gasteiger partial charge on any atom is 0.260 e. The first-order valence-electron chi connectivity index (χ1n) is 8.97. The molecule has 6 heteroatoms. The van der Waals surface area contributed by atoms with Crippen LogP contribution in [0.5, 0.6) is 5.75 Å². The van der Waals surface area contributed by atoms with Crippen molar-refractivity contribution in [3.8, 4) is 17.0 Å². The molecule has 3 aromatic rings. The van der Waals surface area contributed by atoms with Crippen LogP contribution in [0, 0.1) is 6.92 Å². The highest BCUT2D eigenvalue weighted by atomic mass is 32.1. The molecule has 2 aromatic heterocycles. The van der Waals surface area contributed by atoms with Crippen molar-refractivity contribution in [2.45, 2.75) is 32.8 Å². The number of benzene rings is 1. The lowest BCUT2D eigenvalue weighted by atomic mass is 10.2. The van der Waals surface area contributed by atoms with Crippen LogP contribution in [0.4, 0.5) is 0 Å². The summed E-state index contributed by atoms with van der Waals surface area (Å²) >= 11 is 1.64. The standard InChI is InChI=1S/C21H23N3O2S/c1-15-5-7-18(8-6-15)26-16(2)21(25)23-11-3-4-20-24-19(14-27-20)17-9-12-22-13-10-17/h5-10,12-14,16H,3-4,11H2,1-2H3,(H,23,25). The molecule has 0 aliphatic rings. The van der Waals surface area contributed by atoms with Gasteiger partial charge < -0.3 is 10.1 Å². The molecule has 0 fully saturated rings. The molecule has 1 unspecified atom stereocenters. The van der Waals surface area contributed by atoms with E-state index in [1.54, 1.807) is 30.7 Å². The summed E-state index contributed by atoms with van der Waals surface area (Å²) in [6.45, 7) is 4.38. The normalized spacial score (nSPS) is 11.8. The highest BCUT2D eigenvalue weighted by Gasteiger charge is 2.14. The molecule has 140 valence electrons. The zero-order valence-corrected chi connectivity index (χ0v) is 16.3. The molecule has 1 atom stereocenters. The smallest absolute Gasteiger partial charge is 0.260 e. The van der Waals surface area contributed by atoms with Gasteiger partial charge in [0, 0.05) is 36.3 Å². The number of nitrogens with zero attached hydrogens (tertiary/aromatic N) is 2. The number of carbonyl (C=O) groups is 1. The Hall–Kier alpha value is -2.73. The fourth-order valence-corrected chi connectivity index (χ4v) is 3.40. The topological polar surface area (TPSA) is 64.1 Å². The fourth-order valence-electron chi connectivity index (χ4n) is 2.55. The lowest BCUT2D eigenvalue weighted by Crippen LogP contribution is -2.36. The summed E-state index contributed by atoms with van der Waals surface area (Å²) in [7, 11) is 0. The molecule has 1 amide bonds. The number of carbonyl (C=O) groups excluding carboxylic acids is 1. The van der Waals surface area contributed by atoms with E-state index in [0.29, 0.717) is 12.3 Å². The molecule has 0 saturated heterocycles. The summed E-state index contributed by atoms with van der Waals surface area (Å²) in [5.41, 5.74) is 3.21. The van der Waals surface area contributed by atoms with Crippen molar-refractivity contribution >= 4 is 17.2 Å². The number of aromatic nitrogens is 2. The predicted molar refractivity (Wildman–Crippen MR) is 108 cm³/mol. The van der Waals surface area contributed by atoms with Crippen LogP contribution in [0.1, 0.15) is 23.9 Å². The van der Waals surface area contributed by atoms with E-state index >= 15 is 0 Å². The first-order chi connectivity index (χ1) is 13.1. The van der Waals surface area contributed by atoms with Gasteiger partial charge in [-0.05, 0) is 44.5 Å². The molecule has 5 nitrogen and oxygen atoms in total. The van der Waals surface area contributed by atoms with Crippen molar-refractivity contribution in [3.63, 3.8) is 0 Å². The Labute approximate surface area is 163 Å². The number of pyridine rings is 1. The molecule has 27 heavy (non-hydrogen) atoms. The van der Waals surface area contributed by atoms with E-state index in [2.05, 4.69) is 20.7 Å². The molecular formula is C21H23N3O2S. The molecule has 0 saturated carbocycles.